The molecule has 0 saturated carbocycles. The average Bonchev–Trinajstić information content (AvgIpc) is 2.55. The summed E-state index contributed by atoms with van der Waals surface area (Å²) >= 11 is 5.94. The topological polar surface area (TPSA) is 21.3 Å². The molecule has 4 rings (SSSR count). The highest BCUT2D eigenvalue weighted by atomic mass is 35.5. The maximum atomic E-state index is 6.11. The number of hydrogen-bond donors (Lipinski definition) is 1. The van der Waals surface area contributed by atoms with Crippen molar-refractivity contribution in [2.45, 2.75) is 12.8 Å². The number of rotatable bonds is 1. The van der Waals surface area contributed by atoms with Gasteiger partial charge >= 0.3 is 0 Å². The van der Waals surface area contributed by atoms with Gasteiger partial charge in [-0.1, -0.05) is 54.1 Å². The van der Waals surface area contributed by atoms with E-state index in [2.05, 4.69) is 41.7 Å². The molecule has 0 saturated heterocycles. The number of fused-ring (bicyclic) bond motifs is 3. The van der Waals surface area contributed by atoms with E-state index in [1.54, 1.807) is 0 Å². The van der Waals surface area contributed by atoms with E-state index in [0.717, 1.165) is 22.9 Å². The summed E-state index contributed by atoms with van der Waals surface area (Å²) in [6.45, 7) is 0.796. The van der Waals surface area contributed by atoms with Crippen LogP contribution >= 0.6 is 11.6 Å². The lowest BCUT2D eigenvalue weighted by molar-refractivity contribution is 0.145. The molecule has 0 bridgehead atoms. The summed E-state index contributed by atoms with van der Waals surface area (Å²) in [6, 6.07) is 20.3. The highest BCUT2D eigenvalue weighted by Gasteiger charge is 2.21. The standard InChI is InChI=1S/C18H14ClNO/c19-14-8-5-13(6-9-14)18-20-11-16-15-4-2-1-3-12(15)7-10-17(16)21-18/h1-10,18,20H,11H2. The molecule has 1 aliphatic rings. The smallest absolute Gasteiger partial charge is 0.176 e. The Labute approximate surface area is 128 Å². The normalized spacial score (nSPS) is 17.3. The molecule has 1 N–H and O–H groups in total. The van der Waals surface area contributed by atoms with Crippen molar-refractivity contribution >= 4 is 22.4 Å². The molecule has 3 heteroatoms. The number of benzene rings is 3. The van der Waals surface area contributed by atoms with Gasteiger partial charge in [0, 0.05) is 22.7 Å². The third-order valence-electron chi connectivity index (χ3n) is 3.88. The number of halogens is 1. The van der Waals surface area contributed by atoms with Crippen LogP contribution in [-0.4, -0.2) is 0 Å². The molecular formula is C18H14ClNO. The molecule has 1 heterocycles. The SMILES string of the molecule is Clc1ccc(C2NCc3c(ccc4ccccc34)O2)cc1. The van der Waals surface area contributed by atoms with Crippen LogP contribution < -0.4 is 10.1 Å². The average molecular weight is 296 g/mol. The van der Waals surface area contributed by atoms with Gasteiger partial charge in [-0.25, -0.2) is 0 Å². The van der Waals surface area contributed by atoms with Gasteiger partial charge in [0.2, 0.25) is 0 Å². The fraction of sp³-hybridized carbons (Fsp3) is 0.111. The molecular weight excluding hydrogens is 282 g/mol. The summed E-state index contributed by atoms with van der Waals surface area (Å²) in [5.41, 5.74) is 2.30. The first-order chi connectivity index (χ1) is 10.3. The molecule has 1 atom stereocenters. The van der Waals surface area contributed by atoms with E-state index in [0.29, 0.717) is 0 Å². The first-order valence-electron chi connectivity index (χ1n) is 6.97. The van der Waals surface area contributed by atoms with E-state index < -0.39 is 0 Å². The van der Waals surface area contributed by atoms with E-state index in [-0.39, 0.29) is 6.23 Å². The Bertz CT molecular complexity index is 798. The summed E-state index contributed by atoms with van der Waals surface area (Å²) in [5.74, 6) is 0.951. The summed E-state index contributed by atoms with van der Waals surface area (Å²) < 4.78 is 6.11. The zero-order valence-electron chi connectivity index (χ0n) is 11.3. The Balaban J connectivity index is 1.72. The van der Waals surface area contributed by atoms with Crippen LogP contribution in [0.4, 0.5) is 0 Å². The van der Waals surface area contributed by atoms with Crippen LogP contribution in [0.5, 0.6) is 5.75 Å². The first-order valence-corrected chi connectivity index (χ1v) is 7.35. The van der Waals surface area contributed by atoms with Crippen molar-refractivity contribution in [1.29, 1.82) is 0 Å². The van der Waals surface area contributed by atoms with Gasteiger partial charge in [0.05, 0.1) is 0 Å². The molecule has 104 valence electrons. The maximum absolute atomic E-state index is 6.11. The molecule has 0 fully saturated rings. The van der Waals surface area contributed by atoms with E-state index in [1.165, 1.54) is 16.3 Å². The Morgan fingerprint density at radius 1 is 0.952 bits per heavy atom. The Morgan fingerprint density at radius 2 is 1.76 bits per heavy atom. The fourth-order valence-corrected chi connectivity index (χ4v) is 2.92. The zero-order valence-corrected chi connectivity index (χ0v) is 12.1. The first kappa shape index (κ1) is 12.7. The summed E-state index contributed by atoms with van der Waals surface area (Å²) in [5, 5.41) is 6.66. The highest BCUT2D eigenvalue weighted by molar-refractivity contribution is 6.30. The molecule has 0 spiro atoms. The molecule has 1 aliphatic heterocycles. The van der Waals surface area contributed by atoms with Gasteiger partial charge in [0.25, 0.3) is 0 Å². The van der Waals surface area contributed by atoms with E-state index in [9.17, 15) is 0 Å². The fourth-order valence-electron chi connectivity index (χ4n) is 2.80. The quantitative estimate of drug-likeness (QED) is 0.704. The summed E-state index contributed by atoms with van der Waals surface area (Å²) in [4.78, 5) is 0. The van der Waals surface area contributed by atoms with Crippen LogP contribution in [0.15, 0.2) is 60.7 Å². The Morgan fingerprint density at radius 3 is 2.62 bits per heavy atom. The second kappa shape index (κ2) is 5.06. The van der Waals surface area contributed by atoms with Crippen LogP contribution in [0.1, 0.15) is 17.4 Å². The number of ether oxygens (including phenoxy) is 1. The van der Waals surface area contributed by atoms with Gasteiger partial charge < -0.3 is 4.74 Å². The Kier molecular flexibility index (Phi) is 3.06. The minimum atomic E-state index is -0.129. The van der Waals surface area contributed by atoms with Gasteiger partial charge in [0.15, 0.2) is 6.23 Å². The van der Waals surface area contributed by atoms with Gasteiger partial charge in [-0.2, -0.15) is 0 Å². The maximum Gasteiger partial charge on any atom is 0.176 e. The Hall–Kier alpha value is -2.03. The van der Waals surface area contributed by atoms with Crippen molar-refractivity contribution < 1.29 is 4.74 Å². The van der Waals surface area contributed by atoms with E-state index in [1.807, 2.05) is 24.3 Å². The molecule has 3 aromatic carbocycles. The molecule has 0 amide bonds. The highest BCUT2D eigenvalue weighted by Crippen LogP contribution is 2.34. The summed E-state index contributed by atoms with van der Waals surface area (Å²) in [6.07, 6.45) is -0.129. The molecule has 0 aromatic heterocycles. The monoisotopic (exact) mass is 295 g/mol. The third kappa shape index (κ3) is 2.27. The van der Waals surface area contributed by atoms with Crippen molar-refractivity contribution in [3.63, 3.8) is 0 Å². The lowest BCUT2D eigenvalue weighted by atomic mass is 10.0. The van der Waals surface area contributed by atoms with Crippen molar-refractivity contribution in [1.82, 2.24) is 5.32 Å². The molecule has 21 heavy (non-hydrogen) atoms. The minimum Gasteiger partial charge on any atom is -0.471 e. The van der Waals surface area contributed by atoms with Crippen LogP contribution in [0.3, 0.4) is 0 Å². The van der Waals surface area contributed by atoms with Gasteiger partial charge in [0.1, 0.15) is 5.75 Å². The third-order valence-corrected chi connectivity index (χ3v) is 4.13. The minimum absolute atomic E-state index is 0.129. The van der Waals surface area contributed by atoms with Crippen molar-refractivity contribution in [3.05, 3.63) is 76.8 Å². The molecule has 2 nitrogen and oxygen atoms in total. The number of hydrogen-bond acceptors (Lipinski definition) is 2. The molecule has 1 unspecified atom stereocenters. The van der Waals surface area contributed by atoms with Gasteiger partial charge in [-0.05, 0) is 29.0 Å². The van der Waals surface area contributed by atoms with Crippen molar-refractivity contribution in [2.75, 3.05) is 0 Å². The second-order valence-electron chi connectivity index (χ2n) is 5.19. The lowest BCUT2D eigenvalue weighted by Crippen LogP contribution is -2.30. The van der Waals surface area contributed by atoms with E-state index in [4.69, 9.17) is 16.3 Å². The van der Waals surface area contributed by atoms with E-state index >= 15 is 0 Å². The molecule has 0 aliphatic carbocycles. The van der Waals surface area contributed by atoms with Crippen molar-refractivity contribution in [3.8, 4) is 5.75 Å². The molecule has 0 radical (unpaired) electrons. The van der Waals surface area contributed by atoms with Crippen LogP contribution in [0.2, 0.25) is 5.02 Å². The predicted octanol–water partition coefficient (Wildman–Crippen LogP) is 4.67. The van der Waals surface area contributed by atoms with Crippen molar-refractivity contribution in [2.24, 2.45) is 0 Å². The zero-order chi connectivity index (χ0) is 14.2. The predicted molar refractivity (Wildman–Crippen MR) is 85.6 cm³/mol. The largest absolute Gasteiger partial charge is 0.471 e. The summed E-state index contributed by atoms with van der Waals surface area (Å²) in [7, 11) is 0. The van der Waals surface area contributed by atoms with Crippen LogP contribution in [0, 0.1) is 0 Å². The number of nitrogens with one attached hydrogen (secondary N) is 1. The van der Waals surface area contributed by atoms with Crippen LogP contribution in [-0.2, 0) is 6.54 Å². The van der Waals surface area contributed by atoms with Gasteiger partial charge in [-0.3, -0.25) is 5.32 Å². The lowest BCUT2D eigenvalue weighted by Gasteiger charge is -2.28. The van der Waals surface area contributed by atoms with Gasteiger partial charge in [-0.15, -0.1) is 0 Å². The van der Waals surface area contributed by atoms with Crippen LogP contribution in [0.25, 0.3) is 10.8 Å². The second-order valence-corrected chi connectivity index (χ2v) is 5.63. The molecule has 3 aromatic rings.